The summed E-state index contributed by atoms with van der Waals surface area (Å²) in [6.07, 6.45) is 0. The normalized spacial score (nSPS) is 11.3. The lowest BCUT2D eigenvalue weighted by Gasteiger charge is -2.05. The van der Waals surface area contributed by atoms with Gasteiger partial charge in [-0.3, -0.25) is 4.18 Å². The molecule has 7 heteroatoms. The van der Waals surface area contributed by atoms with Crippen molar-refractivity contribution in [1.82, 2.24) is 0 Å². The van der Waals surface area contributed by atoms with Gasteiger partial charge >= 0.3 is 10.3 Å². The summed E-state index contributed by atoms with van der Waals surface area (Å²) in [6.45, 7) is -0.144. The van der Waals surface area contributed by atoms with Gasteiger partial charge in [0, 0.05) is 6.07 Å². The summed E-state index contributed by atoms with van der Waals surface area (Å²) in [4.78, 5) is 0. The first-order valence-electron chi connectivity index (χ1n) is 4.06. The van der Waals surface area contributed by atoms with Crippen LogP contribution in [0.15, 0.2) is 24.3 Å². The molecule has 1 rings (SSSR count). The molecule has 0 aliphatic rings. The van der Waals surface area contributed by atoms with Crippen LogP contribution in [0.3, 0.4) is 0 Å². The van der Waals surface area contributed by atoms with Crippen LogP contribution in [0.25, 0.3) is 0 Å². The average Bonchev–Trinajstić information content (AvgIpc) is 2.11. The fourth-order valence-corrected chi connectivity index (χ4v) is 1.18. The minimum Gasteiger partial charge on any atom is -0.508 e. The number of aromatic hydroxyl groups is 1. The van der Waals surface area contributed by atoms with Gasteiger partial charge in [-0.2, -0.15) is 8.42 Å². The van der Waals surface area contributed by atoms with Crippen molar-refractivity contribution in [3.8, 4) is 11.5 Å². The Morgan fingerprint density at radius 1 is 1.33 bits per heavy atom. The third-order valence-corrected chi connectivity index (χ3v) is 1.91. The Morgan fingerprint density at radius 2 is 2.07 bits per heavy atom. The molecule has 0 unspecified atom stereocenters. The Balaban J connectivity index is 2.32. The van der Waals surface area contributed by atoms with Gasteiger partial charge in [0.25, 0.3) is 0 Å². The van der Waals surface area contributed by atoms with Gasteiger partial charge in [0.05, 0.1) is 0 Å². The fourth-order valence-electron chi connectivity index (χ4n) is 0.883. The Morgan fingerprint density at radius 3 is 2.67 bits per heavy atom. The first-order chi connectivity index (χ1) is 6.97. The molecule has 0 saturated carbocycles. The van der Waals surface area contributed by atoms with E-state index in [2.05, 4.69) is 9.32 Å². The van der Waals surface area contributed by atoms with Gasteiger partial charge < -0.3 is 9.84 Å². The molecule has 0 spiro atoms. The van der Waals surface area contributed by atoms with Crippen molar-refractivity contribution in [2.75, 3.05) is 13.2 Å². The molecule has 6 nitrogen and oxygen atoms in total. The van der Waals surface area contributed by atoms with Gasteiger partial charge in [0.15, 0.2) is 0 Å². The fraction of sp³-hybridized carbons (Fsp3) is 0.250. The molecular formula is C8H11NO5S. The standard InChI is InChI=1S/C8H11NO5S/c9-15(11,12)14-5-4-13-8-3-1-2-7(10)6-8/h1-3,6,10H,4-5H2,(H2,9,11,12). The van der Waals surface area contributed by atoms with E-state index in [-0.39, 0.29) is 19.0 Å². The molecule has 84 valence electrons. The van der Waals surface area contributed by atoms with Crippen LogP contribution in [-0.4, -0.2) is 26.7 Å². The molecule has 1 aromatic rings. The minimum atomic E-state index is -3.92. The number of nitrogens with two attached hydrogens (primary N) is 1. The second-order valence-electron chi connectivity index (χ2n) is 2.66. The lowest BCUT2D eigenvalue weighted by atomic mass is 10.3. The van der Waals surface area contributed by atoms with Crippen molar-refractivity contribution in [2.24, 2.45) is 5.14 Å². The highest BCUT2D eigenvalue weighted by Crippen LogP contribution is 2.17. The highest BCUT2D eigenvalue weighted by molar-refractivity contribution is 7.84. The van der Waals surface area contributed by atoms with Crippen LogP contribution in [0.1, 0.15) is 0 Å². The van der Waals surface area contributed by atoms with E-state index in [1.807, 2.05) is 0 Å². The number of hydrogen-bond acceptors (Lipinski definition) is 5. The molecule has 0 atom stereocenters. The molecule has 15 heavy (non-hydrogen) atoms. The average molecular weight is 233 g/mol. The Bertz CT molecular complexity index is 417. The molecule has 0 heterocycles. The number of benzene rings is 1. The summed E-state index contributed by atoms with van der Waals surface area (Å²) in [5.41, 5.74) is 0. The van der Waals surface area contributed by atoms with E-state index in [1.165, 1.54) is 12.1 Å². The van der Waals surface area contributed by atoms with Gasteiger partial charge in [-0.1, -0.05) is 6.07 Å². The first kappa shape index (κ1) is 11.8. The maximum absolute atomic E-state index is 10.4. The maximum atomic E-state index is 10.4. The largest absolute Gasteiger partial charge is 0.508 e. The predicted octanol–water partition coefficient (Wildman–Crippen LogP) is -0.00890. The topological polar surface area (TPSA) is 98.9 Å². The number of hydrogen-bond donors (Lipinski definition) is 2. The number of ether oxygens (including phenoxy) is 1. The molecule has 0 radical (unpaired) electrons. The summed E-state index contributed by atoms with van der Waals surface area (Å²) in [6, 6.07) is 6.12. The van der Waals surface area contributed by atoms with Crippen LogP contribution < -0.4 is 9.88 Å². The van der Waals surface area contributed by atoms with Crippen molar-refractivity contribution in [1.29, 1.82) is 0 Å². The van der Waals surface area contributed by atoms with Crippen molar-refractivity contribution < 1.29 is 22.4 Å². The number of phenolic OH excluding ortho intramolecular Hbond substituents is 1. The van der Waals surface area contributed by atoms with Gasteiger partial charge in [-0.05, 0) is 12.1 Å². The lowest BCUT2D eigenvalue weighted by Crippen LogP contribution is -2.19. The van der Waals surface area contributed by atoms with Crippen LogP contribution in [0.2, 0.25) is 0 Å². The zero-order valence-electron chi connectivity index (χ0n) is 7.79. The molecule has 0 aromatic heterocycles. The molecule has 0 amide bonds. The molecule has 0 aliphatic carbocycles. The highest BCUT2D eigenvalue weighted by atomic mass is 32.2. The molecule has 0 fully saturated rings. The van der Waals surface area contributed by atoms with E-state index < -0.39 is 10.3 Å². The van der Waals surface area contributed by atoms with Crippen molar-refractivity contribution in [3.63, 3.8) is 0 Å². The first-order valence-corrected chi connectivity index (χ1v) is 5.53. The second kappa shape index (κ2) is 4.96. The van der Waals surface area contributed by atoms with Crippen LogP contribution in [0.4, 0.5) is 0 Å². The van der Waals surface area contributed by atoms with Crippen molar-refractivity contribution in [3.05, 3.63) is 24.3 Å². The molecular weight excluding hydrogens is 222 g/mol. The Hall–Kier alpha value is -1.31. The summed E-state index contributed by atoms with van der Waals surface area (Å²) in [7, 11) is -3.92. The smallest absolute Gasteiger partial charge is 0.333 e. The second-order valence-corrected chi connectivity index (χ2v) is 3.88. The predicted molar refractivity (Wildman–Crippen MR) is 52.7 cm³/mol. The summed E-state index contributed by atoms with van der Waals surface area (Å²) in [5, 5.41) is 13.7. The third-order valence-electron chi connectivity index (χ3n) is 1.42. The maximum Gasteiger partial charge on any atom is 0.333 e. The number of phenols is 1. The van der Waals surface area contributed by atoms with E-state index in [0.717, 1.165) is 0 Å². The van der Waals surface area contributed by atoms with E-state index in [4.69, 9.17) is 9.84 Å². The molecule has 1 aromatic carbocycles. The lowest BCUT2D eigenvalue weighted by molar-refractivity contribution is 0.220. The van der Waals surface area contributed by atoms with E-state index in [1.54, 1.807) is 12.1 Å². The van der Waals surface area contributed by atoms with E-state index in [0.29, 0.717) is 5.75 Å². The van der Waals surface area contributed by atoms with Crippen LogP contribution in [0, 0.1) is 0 Å². The number of rotatable bonds is 5. The Labute approximate surface area is 87.5 Å². The zero-order valence-corrected chi connectivity index (χ0v) is 8.61. The summed E-state index contributed by atoms with van der Waals surface area (Å²) in [5.74, 6) is 0.493. The van der Waals surface area contributed by atoms with Gasteiger partial charge in [0.2, 0.25) is 0 Å². The summed E-state index contributed by atoms with van der Waals surface area (Å²) >= 11 is 0. The zero-order chi connectivity index (χ0) is 11.3. The van der Waals surface area contributed by atoms with E-state index >= 15 is 0 Å². The monoisotopic (exact) mass is 233 g/mol. The van der Waals surface area contributed by atoms with Gasteiger partial charge in [0.1, 0.15) is 24.7 Å². The quantitative estimate of drug-likeness (QED) is 0.697. The molecule has 3 N–H and O–H groups in total. The van der Waals surface area contributed by atoms with Crippen molar-refractivity contribution >= 4 is 10.3 Å². The van der Waals surface area contributed by atoms with Gasteiger partial charge in [-0.25, -0.2) is 5.14 Å². The van der Waals surface area contributed by atoms with Crippen LogP contribution in [0.5, 0.6) is 11.5 Å². The van der Waals surface area contributed by atoms with Crippen molar-refractivity contribution in [2.45, 2.75) is 0 Å². The SMILES string of the molecule is NS(=O)(=O)OCCOc1cccc(O)c1. The minimum absolute atomic E-state index is 0.0277. The molecule has 0 aliphatic heterocycles. The Kier molecular flexibility index (Phi) is 3.89. The van der Waals surface area contributed by atoms with E-state index in [9.17, 15) is 8.42 Å². The molecule has 0 bridgehead atoms. The molecule has 0 saturated heterocycles. The highest BCUT2D eigenvalue weighted by Gasteiger charge is 2.01. The summed E-state index contributed by atoms with van der Waals surface area (Å²) < 4.78 is 30.0. The van der Waals surface area contributed by atoms with Gasteiger partial charge in [-0.15, -0.1) is 0 Å². The van der Waals surface area contributed by atoms with Crippen LogP contribution in [-0.2, 0) is 14.5 Å². The van der Waals surface area contributed by atoms with Crippen LogP contribution >= 0.6 is 0 Å². The third kappa shape index (κ3) is 5.21.